The number of hydrogen-bond donors (Lipinski definition) is 3. The number of nitrogens with one attached hydrogen (secondary N) is 2. The summed E-state index contributed by atoms with van der Waals surface area (Å²) in [5, 5.41) is 20.9. The minimum Gasteiger partial charge on any atom is -0.393 e. The third-order valence-corrected chi connectivity index (χ3v) is 4.29. The van der Waals surface area contributed by atoms with Crippen molar-refractivity contribution in [3.8, 4) is 0 Å². The first-order chi connectivity index (χ1) is 10.6. The number of nitrogens with zero attached hydrogens (tertiary/aromatic N) is 3. The third kappa shape index (κ3) is 3.27. The summed E-state index contributed by atoms with van der Waals surface area (Å²) in [6.45, 7) is 4.88. The monoisotopic (exact) mass is 301 g/mol. The Balaban J connectivity index is 1.59. The Morgan fingerprint density at radius 1 is 1.36 bits per heavy atom. The van der Waals surface area contributed by atoms with Crippen molar-refractivity contribution in [3.63, 3.8) is 0 Å². The Kier molecular flexibility index (Phi) is 4.38. The van der Waals surface area contributed by atoms with E-state index in [4.69, 9.17) is 0 Å². The molecule has 2 heterocycles. The summed E-state index contributed by atoms with van der Waals surface area (Å²) in [6.07, 6.45) is 3.10. The van der Waals surface area contributed by atoms with Gasteiger partial charge in [-0.1, -0.05) is 19.9 Å². The van der Waals surface area contributed by atoms with Crippen molar-refractivity contribution in [2.75, 3.05) is 11.9 Å². The van der Waals surface area contributed by atoms with E-state index in [0.717, 1.165) is 36.9 Å². The Hall–Kier alpha value is -1.95. The fraction of sp³-hybridized carbons (Fsp3) is 0.562. The number of aliphatic hydroxyl groups is 1. The van der Waals surface area contributed by atoms with E-state index in [-0.39, 0.29) is 17.9 Å². The lowest BCUT2D eigenvalue weighted by atomic mass is 10.0. The predicted octanol–water partition coefficient (Wildman–Crippen LogP) is 2.29. The van der Waals surface area contributed by atoms with Crippen LogP contribution < -0.4 is 5.32 Å². The first-order valence-corrected chi connectivity index (χ1v) is 7.88. The van der Waals surface area contributed by atoms with E-state index >= 15 is 0 Å². The lowest BCUT2D eigenvalue weighted by molar-refractivity contribution is 0.137. The molecule has 3 atom stereocenters. The minimum absolute atomic E-state index is 0.208. The molecule has 6 nitrogen and oxygen atoms in total. The zero-order valence-electron chi connectivity index (χ0n) is 13.0. The number of H-pyrrole nitrogens is 1. The first kappa shape index (κ1) is 15.0. The zero-order chi connectivity index (χ0) is 15.5. The van der Waals surface area contributed by atoms with E-state index in [0.29, 0.717) is 5.92 Å². The van der Waals surface area contributed by atoms with Gasteiger partial charge in [0.25, 0.3) is 0 Å². The fourth-order valence-corrected chi connectivity index (χ4v) is 2.98. The summed E-state index contributed by atoms with van der Waals surface area (Å²) < 4.78 is 0. The highest BCUT2D eigenvalue weighted by atomic mass is 16.3. The van der Waals surface area contributed by atoms with Crippen molar-refractivity contribution in [1.29, 1.82) is 0 Å². The summed E-state index contributed by atoms with van der Waals surface area (Å²) in [7, 11) is 0. The summed E-state index contributed by atoms with van der Waals surface area (Å²) in [6, 6.07) is 5.77. The molecule has 0 aromatic carbocycles. The van der Waals surface area contributed by atoms with Gasteiger partial charge in [-0.05, 0) is 25.0 Å². The van der Waals surface area contributed by atoms with Gasteiger partial charge < -0.3 is 10.4 Å². The molecule has 0 amide bonds. The smallest absolute Gasteiger partial charge is 0.153 e. The fourth-order valence-electron chi connectivity index (χ4n) is 2.98. The van der Waals surface area contributed by atoms with Crippen LogP contribution >= 0.6 is 0 Å². The molecule has 1 fully saturated rings. The van der Waals surface area contributed by atoms with E-state index in [1.54, 1.807) is 6.20 Å². The number of rotatable bonds is 5. The van der Waals surface area contributed by atoms with Gasteiger partial charge in [0.1, 0.15) is 11.6 Å². The van der Waals surface area contributed by atoms with Gasteiger partial charge in [0.05, 0.1) is 6.10 Å². The molecule has 1 aliphatic carbocycles. The Bertz CT molecular complexity index is 598. The highest BCUT2D eigenvalue weighted by Gasteiger charge is 2.35. The van der Waals surface area contributed by atoms with Crippen LogP contribution in [0.1, 0.15) is 50.2 Å². The molecular formula is C16H23N5O. The second-order valence-electron chi connectivity index (χ2n) is 6.33. The molecular weight excluding hydrogens is 278 g/mol. The van der Waals surface area contributed by atoms with Crippen LogP contribution in [0.2, 0.25) is 0 Å². The molecule has 1 saturated carbocycles. The van der Waals surface area contributed by atoms with Gasteiger partial charge in [-0.25, -0.2) is 9.97 Å². The van der Waals surface area contributed by atoms with E-state index in [1.807, 2.05) is 18.2 Å². The molecule has 118 valence electrons. The molecule has 6 heteroatoms. The number of hydrogen-bond acceptors (Lipinski definition) is 5. The molecule has 1 aliphatic rings. The van der Waals surface area contributed by atoms with Crippen molar-refractivity contribution in [2.45, 2.75) is 44.6 Å². The van der Waals surface area contributed by atoms with Gasteiger partial charge in [-0.2, -0.15) is 5.10 Å². The second kappa shape index (κ2) is 6.44. The summed E-state index contributed by atoms with van der Waals surface area (Å²) >= 11 is 0. The Morgan fingerprint density at radius 2 is 2.23 bits per heavy atom. The molecule has 2 aromatic rings. The van der Waals surface area contributed by atoms with Crippen LogP contribution in [-0.2, 0) is 0 Å². The number of aromatic amines is 1. The second-order valence-corrected chi connectivity index (χ2v) is 6.33. The third-order valence-electron chi connectivity index (χ3n) is 4.29. The standard InChI is InChI=1S/C16H23N5O/c1-10(2)15-19-16(21-20-15)11-7-12(13(22)8-11)9-18-14-5-3-4-6-17-14/h3-6,10-13,22H,7-9H2,1-2H3,(H,17,18)(H,19,20,21)/t11-,12+,13+/m0/s1. The van der Waals surface area contributed by atoms with Crippen molar-refractivity contribution >= 4 is 5.82 Å². The molecule has 3 rings (SSSR count). The van der Waals surface area contributed by atoms with Crippen LogP contribution in [0.4, 0.5) is 5.82 Å². The topological polar surface area (TPSA) is 86.7 Å². The predicted molar refractivity (Wildman–Crippen MR) is 84.7 cm³/mol. The quantitative estimate of drug-likeness (QED) is 0.789. The highest BCUT2D eigenvalue weighted by molar-refractivity contribution is 5.33. The average Bonchev–Trinajstić information content (AvgIpc) is 3.13. The van der Waals surface area contributed by atoms with Gasteiger partial charge in [0.2, 0.25) is 0 Å². The van der Waals surface area contributed by atoms with E-state index < -0.39 is 0 Å². The van der Waals surface area contributed by atoms with E-state index in [1.165, 1.54) is 0 Å². The highest BCUT2D eigenvalue weighted by Crippen LogP contribution is 2.37. The summed E-state index contributed by atoms with van der Waals surface area (Å²) in [5.41, 5.74) is 0. The van der Waals surface area contributed by atoms with Crippen molar-refractivity contribution in [1.82, 2.24) is 20.2 Å². The van der Waals surface area contributed by atoms with Gasteiger partial charge >= 0.3 is 0 Å². The number of pyridine rings is 1. The summed E-state index contributed by atoms with van der Waals surface area (Å²) in [5.74, 6) is 3.38. The lowest BCUT2D eigenvalue weighted by Crippen LogP contribution is -2.22. The SMILES string of the molecule is CC(C)c1n[nH]c([C@H]2C[C@H](CNc3ccccn3)[C@H](O)C2)n1. The molecule has 0 unspecified atom stereocenters. The largest absolute Gasteiger partial charge is 0.393 e. The van der Waals surface area contributed by atoms with Gasteiger partial charge in [-0.3, -0.25) is 5.10 Å². The van der Waals surface area contributed by atoms with Crippen LogP contribution in [0, 0.1) is 5.92 Å². The van der Waals surface area contributed by atoms with Crippen molar-refractivity contribution < 1.29 is 5.11 Å². The average molecular weight is 301 g/mol. The maximum absolute atomic E-state index is 10.3. The van der Waals surface area contributed by atoms with Crippen LogP contribution in [-0.4, -0.2) is 37.9 Å². The Morgan fingerprint density at radius 3 is 2.91 bits per heavy atom. The number of aliphatic hydroxyl groups excluding tert-OH is 1. The van der Waals surface area contributed by atoms with Crippen LogP contribution in [0.15, 0.2) is 24.4 Å². The van der Waals surface area contributed by atoms with Crippen molar-refractivity contribution in [2.24, 2.45) is 5.92 Å². The first-order valence-electron chi connectivity index (χ1n) is 7.88. The number of aromatic nitrogens is 4. The molecule has 0 spiro atoms. The van der Waals surface area contributed by atoms with Gasteiger partial charge in [0, 0.05) is 30.5 Å². The Labute approximate surface area is 130 Å². The molecule has 22 heavy (non-hydrogen) atoms. The maximum atomic E-state index is 10.3. The molecule has 0 bridgehead atoms. The maximum Gasteiger partial charge on any atom is 0.153 e. The molecule has 0 saturated heterocycles. The van der Waals surface area contributed by atoms with Crippen LogP contribution in [0.3, 0.4) is 0 Å². The van der Waals surface area contributed by atoms with Crippen LogP contribution in [0.25, 0.3) is 0 Å². The van der Waals surface area contributed by atoms with Crippen LogP contribution in [0.5, 0.6) is 0 Å². The van der Waals surface area contributed by atoms with Gasteiger partial charge in [0.15, 0.2) is 5.82 Å². The normalized spacial score (nSPS) is 24.8. The van der Waals surface area contributed by atoms with Gasteiger partial charge in [-0.15, -0.1) is 0 Å². The summed E-state index contributed by atoms with van der Waals surface area (Å²) in [4.78, 5) is 8.81. The van der Waals surface area contributed by atoms with Crippen molar-refractivity contribution in [3.05, 3.63) is 36.0 Å². The molecule has 0 radical (unpaired) electrons. The molecule has 0 aliphatic heterocycles. The molecule has 2 aromatic heterocycles. The molecule has 3 N–H and O–H groups in total. The zero-order valence-corrected chi connectivity index (χ0v) is 13.0. The lowest BCUT2D eigenvalue weighted by Gasteiger charge is -2.15. The van der Waals surface area contributed by atoms with E-state index in [9.17, 15) is 5.11 Å². The van der Waals surface area contributed by atoms with E-state index in [2.05, 4.69) is 39.3 Å². The number of anilines is 1. The minimum atomic E-state index is -0.311.